The number of phenols is 2. The molecule has 740 valence electrons. The summed E-state index contributed by atoms with van der Waals surface area (Å²) in [6, 6.07) is 52.8. The average Bonchev–Trinajstić information content (AvgIpc) is 1.56. The molecule has 6 amide bonds. The monoisotopic (exact) mass is 2040 g/mol. The largest absolute Gasteiger partial charge is 0.508 e. The number of halogens is 2. The summed E-state index contributed by atoms with van der Waals surface area (Å²) in [4.78, 5) is 111. The van der Waals surface area contributed by atoms with Crippen molar-refractivity contribution in [2.24, 2.45) is 9.98 Å². The molecule has 4 atom stereocenters. The Balaban J connectivity index is 0.000000128. The second-order valence-corrected chi connectivity index (χ2v) is 44.6. The zero-order chi connectivity index (χ0) is 101. The third-order valence-electron chi connectivity index (χ3n) is 26.6. The minimum atomic E-state index is -1.06. The van der Waals surface area contributed by atoms with Gasteiger partial charge in [0.25, 0.3) is 23.6 Å². The number of amides is 6. The van der Waals surface area contributed by atoms with Crippen molar-refractivity contribution in [3.8, 4) is 23.0 Å². The van der Waals surface area contributed by atoms with E-state index in [0.717, 1.165) is 118 Å². The molecule has 5 saturated heterocycles. The van der Waals surface area contributed by atoms with Crippen molar-refractivity contribution in [1.29, 1.82) is 0 Å². The van der Waals surface area contributed by atoms with E-state index in [4.69, 9.17) is 33.0 Å². The summed E-state index contributed by atoms with van der Waals surface area (Å²) in [5, 5.41) is 50.5. The van der Waals surface area contributed by atoms with Crippen LogP contribution < -0.4 is 55.0 Å². The number of phenolic OH excluding ortho intramolecular Hbond substituents is 2. The second-order valence-electron chi connectivity index (χ2n) is 42.8. The van der Waals surface area contributed by atoms with Crippen molar-refractivity contribution in [3.63, 3.8) is 0 Å². The number of nitrogens with one attached hydrogen (secondary N) is 2. The highest BCUT2D eigenvalue weighted by atomic mass is 79.9. The number of aliphatic imine (C=N–C) groups is 2. The molecule has 11 aliphatic rings. The van der Waals surface area contributed by atoms with Crippen LogP contribution in [0.2, 0.25) is 0 Å². The summed E-state index contributed by atoms with van der Waals surface area (Å²) < 4.78 is 43.0. The highest BCUT2D eigenvalue weighted by molar-refractivity contribution is 9.10. The molecule has 33 heteroatoms. The molecule has 8 aromatic carbocycles. The predicted molar refractivity (Wildman–Crippen MR) is 554 cm³/mol. The van der Waals surface area contributed by atoms with Crippen LogP contribution in [0, 0.1) is 0 Å². The Hall–Kier alpha value is -12.7. The fourth-order valence-corrected chi connectivity index (χ4v) is 19.6. The van der Waals surface area contributed by atoms with E-state index in [1.807, 2.05) is 213 Å². The van der Waals surface area contributed by atoms with Gasteiger partial charge in [0.15, 0.2) is 0 Å². The number of aromatic hydroxyl groups is 2. The Labute approximate surface area is 839 Å². The highest BCUT2D eigenvalue weighted by Crippen LogP contribution is 2.52. The van der Waals surface area contributed by atoms with Gasteiger partial charge in [0.2, 0.25) is 0 Å². The van der Waals surface area contributed by atoms with Crippen molar-refractivity contribution in [2.75, 3.05) is 92.5 Å². The van der Waals surface area contributed by atoms with E-state index >= 15 is 0 Å². The van der Waals surface area contributed by atoms with E-state index in [0.29, 0.717) is 93.0 Å². The lowest BCUT2D eigenvalue weighted by molar-refractivity contribution is -0.122. The molecule has 0 radical (unpaired) electrons. The van der Waals surface area contributed by atoms with E-state index in [2.05, 4.69) is 81.9 Å². The summed E-state index contributed by atoms with van der Waals surface area (Å²) in [7, 11) is -0.536. The van der Waals surface area contributed by atoms with Crippen LogP contribution in [0.5, 0.6) is 23.0 Å². The van der Waals surface area contributed by atoms with Gasteiger partial charge in [-0.05, 0) is 285 Å². The van der Waals surface area contributed by atoms with Crippen molar-refractivity contribution in [3.05, 3.63) is 237 Å². The smallest absolute Gasteiger partial charge is 0.498 e. The number of hydrogen-bond donors (Lipinski definition) is 6. The fourth-order valence-electron chi connectivity index (χ4n) is 19.0. The summed E-state index contributed by atoms with van der Waals surface area (Å²) in [5.74, 6) is 1.41. The molecular weight excluding hydrogens is 1920 g/mol. The van der Waals surface area contributed by atoms with Gasteiger partial charge in [-0.3, -0.25) is 39.0 Å². The number of allylic oxidation sites excluding steroid dienone is 2. The van der Waals surface area contributed by atoms with Gasteiger partial charge in [0.05, 0.1) is 46.9 Å². The van der Waals surface area contributed by atoms with E-state index in [1.165, 1.54) is 15.9 Å². The molecular formula is C108H123BBr2N12O18. The molecule has 12 heterocycles. The zero-order valence-corrected chi connectivity index (χ0v) is 85.9. The number of fused-ring (bicyclic) bond motifs is 4. The van der Waals surface area contributed by atoms with Crippen molar-refractivity contribution in [1.82, 2.24) is 9.78 Å². The molecule has 5 fully saturated rings. The Morgan fingerprint density at radius 3 is 1.21 bits per heavy atom. The number of hydrogen-bond acceptors (Lipinski definition) is 23. The van der Waals surface area contributed by atoms with E-state index in [9.17, 15) is 54.0 Å². The number of rotatable bonds is 13. The van der Waals surface area contributed by atoms with Crippen LogP contribution in [0.25, 0.3) is 11.1 Å². The van der Waals surface area contributed by atoms with Gasteiger partial charge < -0.3 is 83.7 Å². The molecule has 0 bridgehead atoms. The standard InChI is InChI=1S/C26H31BrN2O5.C25H27N3O3.C22H23BrN2O4.C21H19N3O2.C14H23BN2O4/c1-24(2,3)34-23(31)29-21-14-20(33-16-25(4,5)32)11-6-17(21)15-26(29)12-13-28(22(26)30)19-9-7-18(27)8-10-19;1-24(2,30)16-31-21-8-5-18-14-25(27-22(18)13-21)10-12-28(23(25)29)20-6-3-17(4-7-20)19-9-11-26-15-19;1-21(2,3)29-20(28)25-18-12-17(26)9-4-14(18)13-22(25)10-11-24(19(22)27)16-7-5-15(23)6-8-16;25-18-6-3-15-12-21(23-19(15)11-18)8-10-24(20(21)26)17-4-1-14(2-5-17)16-7-9-22-13-16;1-12(2,3)19-11(18)17-9-10(8-16-17)15-20-13(4,5)14(6,7)21-15/h6-11,14,32H,12-13,15-16H2,1-5H3;3-9,13,15,27,30H,10-12,14,16H2,1-2H3;4-9,12,26H,10-11,13H2,1-3H3;1-7,11,13,23,25H,8-10,12H2;8-9H,1-7H3. The molecule has 0 aliphatic carbocycles. The summed E-state index contributed by atoms with van der Waals surface area (Å²) >= 11 is 6.85. The molecule has 30 nitrogen and oxygen atoms in total. The third-order valence-corrected chi connectivity index (χ3v) is 27.7. The minimum Gasteiger partial charge on any atom is -0.508 e. The molecule has 1 aromatic heterocycles. The maximum absolute atomic E-state index is 13.9. The quantitative estimate of drug-likeness (QED) is 0.0461. The van der Waals surface area contributed by atoms with Crippen molar-refractivity contribution in [2.45, 2.75) is 230 Å². The maximum Gasteiger partial charge on any atom is 0.498 e. The first-order chi connectivity index (χ1) is 66.3. The van der Waals surface area contributed by atoms with Gasteiger partial charge in [-0.2, -0.15) is 9.78 Å². The van der Waals surface area contributed by atoms with Gasteiger partial charge in [0.1, 0.15) is 75.2 Å². The maximum atomic E-state index is 13.9. The van der Waals surface area contributed by atoms with Crippen LogP contribution in [-0.2, 0) is 68.4 Å². The molecule has 4 unspecified atom stereocenters. The average molecular weight is 2050 g/mol. The number of nitrogens with zero attached hydrogens (tertiary/aromatic N) is 10. The molecule has 0 saturated carbocycles. The predicted octanol–water partition coefficient (Wildman–Crippen LogP) is 18.1. The first kappa shape index (κ1) is 101. The fraction of sp³-hybridized carbons (Fsp3) is 0.407. The number of carbonyl (C=O) groups is 7. The number of ether oxygens (including phenoxy) is 5. The topological polar surface area (TPSA) is 351 Å². The lowest BCUT2D eigenvalue weighted by atomic mass is 9.82. The van der Waals surface area contributed by atoms with Crippen LogP contribution in [0.1, 0.15) is 177 Å². The lowest BCUT2D eigenvalue weighted by Crippen LogP contribution is -2.56. The molecule has 6 N–H and O–H groups in total. The number of anilines is 8. The Morgan fingerprint density at radius 1 is 0.440 bits per heavy atom. The molecule has 4 spiro atoms. The summed E-state index contributed by atoms with van der Waals surface area (Å²) in [5.41, 5.74) is 7.47. The van der Waals surface area contributed by atoms with E-state index < -0.39 is 86.8 Å². The zero-order valence-electron chi connectivity index (χ0n) is 82.8. The number of aromatic nitrogens is 2. The van der Waals surface area contributed by atoms with Crippen LogP contribution in [0.15, 0.2) is 213 Å². The van der Waals surface area contributed by atoms with E-state index in [1.54, 1.807) is 101 Å². The van der Waals surface area contributed by atoms with Gasteiger partial charge in [-0.15, -0.1) is 0 Å². The first-order valence-corrected chi connectivity index (χ1v) is 49.1. The highest BCUT2D eigenvalue weighted by Gasteiger charge is 2.62. The van der Waals surface area contributed by atoms with Crippen LogP contribution in [0.3, 0.4) is 0 Å². The van der Waals surface area contributed by atoms with E-state index in [-0.39, 0.29) is 48.3 Å². The summed E-state index contributed by atoms with van der Waals surface area (Å²) in [6.07, 6.45) is 14.1. The second kappa shape index (κ2) is 38.6. The van der Waals surface area contributed by atoms with Gasteiger partial charge >= 0.3 is 25.4 Å². The number of benzene rings is 8. The SMILES string of the molecule is CC(C)(C)OC(=O)N1c2cc(O)ccc2CC12CCN(c1ccc(Br)cc1)C2=O.CC(C)(C)OC(=O)n1cc(B2OC(C)(C)C(C)(C)O2)cn1.CC(C)(O)COc1ccc2c(c1)N(C(=O)OC(C)(C)C)C1(CCN(c3ccc(Br)cc3)C1=O)C2.CC(C)(O)COc1ccc2c(c1)NC1(CCN(c3ccc(C4=CCN=C4)cc3)C1=O)C2.O=C1N(c2ccc(C3=CCN=C3)cc2)CCC12Cc1ccc(O)cc1N2. The normalized spacial score (nSPS) is 21.4. The Morgan fingerprint density at radius 2 is 0.801 bits per heavy atom. The Kier molecular flexibility index (Phi) is 27.8. The number of carbonyl (C=O) groups excluding carboxylic acids is 7. The molecule has 20 rings (SSSR count). The van der Waals surface area contributed by atoms with Crippen LogP contribution in [0.4, 0.5) is 59.9 Å². The molecule has 11 aliphatic heterocycles. The van der Waals surface area contributed by atoms with Gasteiger partial charge in [-0.1, -0.05) is 92.5 Å². The van der Waals surface area contributed by atoms with Gasteiger partial charge in [0, 0.05) is 149 Å². The van der Waals surface area contributed by atoms with Crippen molar-refractivity contribution >= 4 is 155 Å². The summed E-state index contributed by atoms with van der Waals surface area (Å²) in [6.45, 7) is 35.0. The third kappa shape index (κ3) is 21.9. The van der Waals surface area contributed by atoms with Crippen LogP contribution in [-0.4, -0.2) is 206 Å². The van der Waals surface area contributed by atoms with Gasteiger partial charge in [-0.25, -0.2) is 14.4 Å². The Bertz CT molecular complexity index is 6430. The lowest BCUT2D eigenvalue weighted by Gasteiger charge is -2.35. The van der Waals surface area contributed by atoms with Crippen LogP contribution >= 0.6 is 31.9 Å². The van der Waals surface area contributed by atoms with Crippen molar-refractivity contribution < 1.29 is 87.0 Å². The number of aliphatic hydroxyl groups is 2. The molecule has 141 heavy (non-hydrogen) atoms. The minimum absolute atomic E-state index is 0.0459. The first-order valence-electron chi connectivity index (χ1n) is 47.6. The molecule has 9 aromatic rings.